The number of aryl methyl sites for hydroxylation is 2. The van der Waals surface area contributed by atoms with Gasteiger partial charge in [0.05, 0.1) is 10.7 Å². The van der Waals surface area contributed by atoms with Crippen molar-refractivity contribution in [1.82, 2.24) is 4.98 Å². The van der Waals surface area contributed by atoms with Crippen molar-refractivity contribution in [3.8, 4) is 5.75 Å². The average molecular weight is 280 g/mol. The molecule has 0 N–H and O–H groups in total. The highest BCUT2D eigenvalue weighted by molar-refractivity contribution is 6.32. The predicted octanol–water partition coefficient (Wildman–Crippen LogP) is 3.73. The maximum Gasteiger partial charge on any atom is 0.232 e. The van der Waals surface area contributed by atoms with E-state index < -0.39 is 0 Å². The molecular formula is C14H14ClNO3. The molecule has 0 unspecified atom stereocenters. The molecule has 1 aromatic carbocycles. The molecule has 5 heteroatoms. The highest BCUT2D eigenvalue weighted by Gasteiger charge is 2.09. The second-order valence-electron chi connectivity index (χ2n) is 4.24. The molecule has 4 nitrogen and oxygen atoms in total. The molecule has 2 aromatic rings. The summed E-state index contributed by atoms with van der Waals surface area (Å²) in [4.78, 5) is 15.4. The number of carbonyl (C=O) groups is 1. The molecule has 1 aromatic heterocycles. The van der Waals surface area contributed by atoms with Crippen LogP contribution in [0.2, 0.25) is 5.02 Å². The first kappa shape index (κ1) is 13.6. The van der Waals surface area contributed by atoms with E-state index in [1.54, 1.807) is 18.2 Å². The Kier molecular flexibility index (Phi) is 3.90. The molecule has 19 heavy (non-hydrogen) atoms. The van der Waals surface area contributed by atoms with Crippen LogP contribution in [-0.4, -0.2) is 10.8 Å². The van der Waals surface area contributed by atoms with Crippen molar-refractivity contribution >= 4 is 17.4 Å². The Labute approximate surface area is 116 Å². The highest BCUT2D eigenvalue weighted by atomic mass is 35.5. The third-order valence-electron chi connectivity index (χ3n) is 2.76. The summed E-state index contributed by atoms with van der Waals surface area (Å²) in [7, 11) is 0. The van der Waals surface area contributed by atoms with Gasteiger partial charge in [-0.1, -0.05) is 11.6 Å². The summed E-state index contributed by atoms with van der Waals surface area (Å²) >= 11 is 6.05. The van der Waals surface area contributed by atoms with E-state index in [4.69, 9.17) is 20.8 Å². The maximum atomic E-state index is 11.2. The second-order valence-corrected chi connectivity index (χ2v) is 4.65. The largest absolute Gasteiger partial charge is 0.482 e. The summed E-state index contributed by atoms with van der Waals surface area (Å²) in [6, 6.07) is 4.93. The third-order valence-corrected chi connectivity index (χ3v) is 3.06. The number of nitrogens with zero attached hydrogens (tertiary/aromatic N) is 1. The number of Topliss-reactive ketones (excluding diaryl/α,β-unsaturated/α-hetero) is 1. The zero-order chi connectivity index (χ0) is 14.0. The number of oxazole rings is 1. The Hall–Kier alpha value is -1.81. The normalized spacial score (nSPS) is 10.5. The van der Waals surface area contributed by atoms with Crippen LogP contribution in [0.5, 0.6) is 5.75 Å². The van der Waals surface area contributed by atoms with E-state index in [0.717, 1.165) is 11.5 Å². The summed E-state index contributed by atoms with van der Waals surface area (Å²) in [5.74, 6) is 1.74. The molecule has 0 fully saturated rings. The number of aromatic nitrogens is 1. The highest BCUT2D eigenvalue weighted by Crippen LogP contribution is 2.26. The lowest BCUT2D eigenvalue weighted by Gasteiger charge is -2.06. The Morgan fingerprint density at radius 1 is 1.42 bits per heavy atom. The van der Waals surface area contributed by atoms with E-state index >= 15 is 0 Å². The monoisotopic (exact) mass is 279 g/mol. The number of ether oxygens (including phenoxy) is 1. The minimum Gasteiger partial charge on any atom is -0.482 e. The van der Waals surface area contributed by atoms with Gasteiger partial charge in [0.25, 0.3) is 0 Å². The second kappa shape index (κ2) is 5.45. The maximum absolute atomic E-state index is 11.2. The molecule has 0 amide bonds. The summed E-state index contributed by atoms with van der Waals surface area (Å²) in [6.07, 6.45) is 0. The molecular weight excluding hydrogens is 266 g/mol. The lowest BCUT2D eigenvalue weighted by atomic mass is 10.1. The molecule has 0 spiro atoms. The van der Waals surface area contributed by atoms with Crippen molar-refractivity contribution in [3.05, 3.63) is 46.1 Å². The minimum atomic E-state index is -0.0348. The van der Waals surface area contributed by atoms with Crippen molar-refractivity contribution in [2.45, 2.75) is 27.4 Å². The molecule has 0 aliphatic rings. The molecule has 0 radical (unpaired) electrons. The Balaban J connectivity index is 2.09. The fourth-order valence-corrected chi connectivity index (χ4v) is 1.81. The van der Waals surface area contributed by atoms with Gasteiger partial charge in [0.15, 0.2) is 12.4 Å². The van der Waals surface area contributed by atoms with Crippen LogP contribution in [0.15, 0.2) is 22.6 Å². The van der Waals surface area contributed by atoms with E-state index in [1.165, 1.54) is 6.92 Å². The quantitative estimate of drug-likeness (QED) is 0.800. The fraction of sp³-hybridized carbons (Fsp3) is 0.286. The van der Waals surface area contributed by atoms with Crippen LogP contribution in [0.25, 0.3) is 0 Å². The number of halogens is 1. The van der Waals surface area contributed by atoms with Gasteiger partial charge in [0.1, 0.15) is 11.5 Å². The van der Waals surface area contributed by atoms with Gasteiger partial charge in [-0.15, -0.1) is 0 Å². The number of hydrogen-bond donors (Lipinski definition) is 0. The number of benzene rings is 1. The molecule has 0 atom stereocenters. The Morgan fingerprint density at radius 3 is 2.68 bits per heavy atom. The molecule has 0 saturated heterocycles. The zero-order valence-corrected chi connectivity index (χ0v) is 11.7. The van der Waals surface area contributed by atoms with Crippen molar-refractivity contribution in [2.24, 2.45) is 0 Å². The van der Waals surface area contributed by atoms with Gasteiger partial charge in [-0.25, -0.2) is 4.98 Å². The van der Waals surface area contributed by atoms with Crippen molar-refractivity contribution < 1.29 is 13.9 Å². The van der Waals surface area contributed by atoms with Crippen LogP contribution in [-0.2, 0) is 6.61 Å². The van der Waals surface area contributed by atoms with Crippen LogP contribution >= 0.6 is 11.6 Å². The molecule has 0 bridgehead atoms. The topological polar surface area (TPSA) is 52.3 Å². The smallest absolute Gasteiger partial charge is 0.232 e. The van der Waals surface area contributed by atoms with Crippen LogP contribution in [0.1, 0.15) is 34.6 Å². The first-order chi connectivity index (χ1) is 8.97. The van der Waals surface area contributed by atoms with Crippen LogP contribution in [0.4, 0.5) is 0 Å². The van der Waals surface area contributed by atoms with Gasteiger partial charge in [0, 0.05) is 5.56 Å². The van der Waals surface area contributed by atoms with Gasteiger partial charge in [-0.2, -0.15) is 0 Å². The van der Waals surface area contributed by atoms with Gasteiger partial charge >= 0.3 is 0 Å². The summed E-state index contributed by atoms with van der Waals surface area (Å²) in [5, 5.41) is 0.396. The zero-order valence-electron chi connectivity index (χ0n) is 11.0. The van der Waals surface area contributed by atoms with E-state index in [2.05, 4.69) is 4.98 Å². The van der Waals surface area contributed by atoms with Gasteiger partial charge in [-0.3, -0.25) is 4.79 Å². The fourth-order valence-electron chi connectivity index (χ4n) is 1.58. The van der Waals surface area contributed by atoms with Gasteiger partial charge in [0.2, 0.25) is 5.89 Å². The summed E-state index contributed by atoms with van der Waals surface area (Å²) in [5.41, 5.74) is 1.40. The van der Waals surface area contributed by atoms with E-state index in [0.29, 0.717) is 22.2 Å². The van der Waals surface area contributed by atoms with Crippen molar-refractivity contribution in [3.63, 3.8) is 0 Å². The number of hydrogen-bond acceptors (Lipinski definition) is 4. The van der Waals surface area contributed by atoms with Crippen molar-refractivity contribution in [1.29, 1.82) is 0 Å². The van der Waals surface area contributed by atoms with Crippen LogP contribution in [0.3, 0.4) is 0 Å². The first-order valence-corrected chi connectivity index (χ1v) is 6.21. The molecule has 1 heterocycles. The van der Waals surface area contributed by atoms with Crippen LogP contribution < -0.4 is 4.74 Å². The SMILES string of the molecule is CC(=O)c1ccc(OCc2nc(C)c(C)o2)c(Cl)c1. The molecule has 0 aliphatic carbocycles. The lowest BCUT2D eigenvalue weighted by Crippen LogP contribution is -1.98. The van der Waals surface area contributed by atoms with Crippen molar-refractivity contribution in [2.75, 3.05) is 0 Å². The standard InChI is InChI=1S/C14H14ClNO3/c1-8-10(3)19-14(16-8)7-18-13-5-4-11(9(2)17)6-12(13)15/h4-6H,7H2,1-3H3. The minimum absolute atomic E-state index is 0.0348. The number of rotatable bonds is 4. The predicted molar refractivity (Wildman–Crippen MR) is 71.8 cm³/mol. The first-order valence-electron chi connectivity index (χ1n) is 5.83. The Morgan fingerprint density at radius 2 is 2.16 bits per heavy atom. The molecule has 0 aliphatic heterocycles. The molecule has 2 rings (SSSR count). The van der Waals surface area contributed by atoms with Crippen LogP contribution in [0, 0.1) is 13.8 Å². The van der Waals surface area contributed by atoms with E-state index in [9.17, 15) is 4.79 Å². The Bertz CT molecular complexity index is 600. The number of ketones is 1. The van der Waals surface area contributed by atoms with Gasteiger partial charge in [-0.05, 0) is 39.0 Å². The average Bonchev–Trinajstić information content (AvgIpc) is 2.67. The summed E-state index contributed by atoms with van der Waals surface area (Å²) < 4.78 is 10.9. The van der Waals surface area contributed by atoms with E-state index in [-0.39, 0.29) is 12.4 Å². The summed E-state index contributed by atoms with van der Waals surface area (Å²) in [6.45, 7) is 5.41. The van der Waals surface area contributed by atoms with E-state index in [1.807, 2.05) is 13.8 Å². The molecule has 100 valence electrons. The molecule has 0 saturated carbocycles. The third kappa shape index (κ3) is 3.15. The lowest BCUT2D eigenvalue weighted by molar-refractivity contribution is 0.101. The number of carbonyl (C=O) groups excluding carboxylic acids is 1. The van der Waals surface area contributed by atoms with Gasteiger partial charge < -0.3 is 9.15 Å².